The van der Waals surface area contributed by atoms with Crippen LogP contribution in [0.2, 0.25) is 0 Å². The summed E-state index contributed by atoms with van der Waals surface area (Å²) < 4.78 is 10.8. The molecule has 1 fully saturated rings. The first-order valence-electron chi connectivity index (χ1n) is 8.85. The second kappa shape index (κ2) is 9.85. The Balaban J connectivity index is 1.43. The standard InChI is InChI=1S/C16H22N6O4S2/c1-3-25-9-14(24)21-4-6-22(7-5-21)15-18-19-16(28-15)27-10-13(23)17-12-8-11(2)26-20-12/h8H,3-7,9-10H2,1-2H3,(H,17,20,23). The van der Waals surface area contributed by atoms with Crippen molar-refractivity contribution in [3.8, 4) is 0 Å². The van der Waals surface area contributed by atoms with Crippen molar-refractivity contribution in [1.82, 2.24) is 20.3 Å². The predicted octanol–water partition coefficient (Wildman–Crippen LogP) is 1.25. The third kappa shape index (κ3) is 5.66. The number of amides is 2. The molecule has 12 heteroatoms. The highest BCUT2D eigenvalue weighted by atomic mass is 32.2. The van der Waals surface area contributed by atoms with Crippen LogP contribution >= 0.6 is 23.1 Å². The summed E-state index contributed by atoms with van der Waals surface area (Å²) in [6.45, 7) is 6.95. The summed E-state index contributed by atoms with van der Waals surface area (Å²) in [7, 11) is 0. The molecule has 1 aliphatic rings. The van der Waals surface area contributed by atoms with Crippen LogP contribution in [0, 0.1) is 6.92 Å². The molecule has 1 aliphatic heterocycles. The number of aryl methyl sites for hydroxylation is 1. The van der Waals surface area contributed by atoms with Gasteiger partial charge in [0.15, 0.2) is 10.2 Å². The number of hydrogen-bond donors (Lipinski definition) is 1. The van der Waals surface area contributed by atoms with Gasteiger partial charge in [-0.25, -0.2) is 0 Å². The molecule has 2 aromatic heterocycles. The minimum absolute atomic E-state index is 0.0170. The van der Waals surface area contributed by atoms with Crippen LogP contribution in [0.25, 0.3) is 0 Å². The smallest absolute Gasteiger partial charge is 0.248 e. The maximum Gasteiger partial charge on any atom is 0.248 e. The Kier molecular flexibility index (Phi) is 7.23. The quantitative estimate of drug-likeness (QED) is 0.623. The fourth-order valence-corrected chi connectivity index (χ4v) is 4.24. The van der Waals surface area contributed by atoms with Gasteiger partial charge >= 0.3 is 0 Å². The number of aromatic nitrogens is 3. The van der Waals surface area contributed by atoms with Gasteiger partial charge in [0.1, 0.15) is 12.4 Å². The number of hydrogen-bond acceptors (Lipinski definition) is 10. The van der Waals surface area contributed by atoms with Crippen LogP contribution in [-0.2, 0) is 14.3 Å². The van der Waals surface area contributed by atoms with Crippen molar-refractivity contribution in [2.45, 2.75) is 18.2 Å². The van der Waals surface area contributed by atoms with Gasteiger partial charge in [-0.2, -0.15) is 0 Å². The summed E-state index contributed by atoms with van der Waals surface area (Å²) in [5, 5.41) is 15.5. The molecule has 3 heterocycles. The first-order valence-corrected chi connectivity index (χ1v) is 10.6. The Morgan fingerprint density at radius 3 is 2.79 bits per heavy atom. The van der Waals surface area contributed by atoms with E-state index in [1.165, 1.54) is 23.1 Å². The van der Waals surface area contributed by atoms with Gasteiger partial charge in [-0.3, -0.25) is 9.59 Å². The van der Waals surface area contributed by atoms with Gasteiger partial charge in [0.2, 0.25) is 16.9 Å². The van der Waals surface area contributed by atoms with Crippen LogP contribution in [0.15, 0.2) is 14.9 Å². The Labute approximate surface area is 170 Å². The Morgan fingerprint density at radius 1 is 1.32 bits per heavy atom. The second-order valence-corrected chi connectivity index (χ2v) is 8.19. The van der Waals surface area contributed by atoms with Gasteiger partial charge in [-0.15, -0.1) is 10.2 Å². The molecule has 10 nitrogen and oxygen atoms in total. The number of ether oxygens (including phenoxy) is 1. The van der Waals surface area contributed by atoms with Gasteiger partial charge in [0.05, 0.1) is 5.75 Å². The van der Waals surface area contributed by atoms with Crippen LogP contribution in [-0.4, -0.2) is 77.2 Å². The number of carbonyl (C=O) groups excluding carboxylic acids is 2. The number of nitrogens with one attached hydrogen (secondary N) is 1. The predicted molar refractivity (Wildman–Crippen MR) is 106 cm³/mol. The normalized spacial score (nSPS) is 14.4. The zero-order chi connectivity index (χ0) is 19.9. The monoisotopic (exact) mass is 426 g/mol. The van der Waals surface area contributed by atoms with E-state index in [9.17, 15) is 9.59 Å². The largest absolute Gasteiger partial charge is 0.372 e. The molecule has 0 bridgehead atoms. The zero-order valence-electron chi connectivity index (χ0n) is 15.7. The van der Waals surface area contributed by atoms with Crippen molar-refractivity contribution in [1.29, 1.82) is 0 Å². The van der Waals surface area contributed by atoms with Gasteiger partial charge in [0, 0.05) is 38.9 Å². The Bertz CT molecular complexity index is 803. The first kappa shape index (κ1) is 20.6. The first-order chi connectivity index (χ1) is 13.5. The van der Waals surface area contributed by atoms with Crippen molar-refractivity contribution >= 4 is 45.9 Å². The van der Waals surface area contributed by atoms with E-state index in [2.05, 4.69) is 25.6 Å². The lowest BCUT2D eigenvalue weighted by molar-refractivity contribution is -0.136. The molecule has 0 atom stereocenters. The van der Waals surface area contributed by atoms with Crippen LogP contribution in [0.3, 0.4) is 0 Å². The van der Waals surface area contributed by atoms with E-state index in [0.29, 0.717) is 44.4 Å². The van der Waals surface area contributed by atoms with Gasteiger partial charge in [-0.05, 0) is 13.8 Å². The lowest BCUT2D eigenvalue weighted by Gasteiger charge is -2.34. The topological polar surface area (TPSA) is 114 Å². The van der Waals surface area contributed by atoms with Crippen molar-refractivity contribution < 1.29 is 18.8 Å². The van der Waals surface area contributed by atoms with Crippen molar-refractivity contribution in [2.24, 2.45) is 0 Å². The zero-order valence-corrected chi connectivity index (χ0v) is 17.3. The molecule has 28 heavy (non-hydrogen) atoms. The number of carbonyl (C=O) groups is 2. The van der Waals surface area contributed by atoms with Crippen LogP contribution in [0.1, 0.15) is 12.7 Å². The number of rotatable bonds is 8. The Hall–Kier alpha value is -2.18. The number of anilines is 2. The minimum atomic E-state index is -0.184. The van der Waals surface area contributed by atoms with E-state index < -0.39 is 0 Å². The van der Waals surface area contributed by atoms with E-state index >= 15 is 0 Å². The van der Waals surface area contributed by atoms with Crippen LogP contribution in [0.5, 0.6) is 0 Å². The molecule has 2 amide bonds. The minimum Gasteiger partial charge on any atom is -0.372 e. The summed E-state index contributed by atoms with van der Waals surface area (Å²) >= 11 is 2.76. The molecule has 0 radical (unpaired) electrons. The van der Waals surface area contributed by atoms with Crippen LogP contribution < -0.4 is 10.2 Å². The number of thioether (sulfide) groups is 1. The lowest BCUT2D eigenvalue weighted by Crippen LogP contribution is -2.49. The number of piperazine rings is 1. The van der Waals surface area contributed by atoms with E-state index in [1.807, 2.05) is 6.92 Å². The SMILES string of the molecule is CCOCC(=O)N1CCN(c2nnc(SCC(=O)Nc3cc(C)on3)s2)CC1. The maximum absolute atomic E-state index is 12.0. The summed E-state index contributed by atoms with van der Waals surface area (Å²) in [4.78, 5) is 27.9. The Morgan fingerprint density at radius 2 is 2.11 bits per heavy atom. The molecule has 2 aromatic rings. The third-order valence-corrected chi connectivity index (χ3v) is 6.07. The molecule has 0 unspecified atom stereocenters. The molecule has 1 saturated heterocycles. The molecule has 0 aromatic carbocycles. The van der Waals surface area contributed by atoms with E-state index in [0.717, 1.165) is 9.47 Å². The van der Waals surface area contributed by atoms with Gasteiger partial charge < -0.3 is 24.4 Å². The third-order valence-electron chi connectivity index (χ3n) is 3.95. The fraction of sp³-hybridized carbons (Fsp3) is 0.562. The fourth-order valence-electron chi connectivity index (χ4n) is 2.55. The molecule has 1 N–H and O–H groups in total. The highest BCUT2D eigenvalue weighted by molar-refractivity contribution is 8.01. The van der Waals surface area contributed by atoms with Crippen molar-refractivity contribution in [3.63, 3.8) is 0 Å². The highest BCUT2D eigenvalue weighted by Crippen LogP contribution is 2.28. The molecule has 3 rings (SSSR count). The van der Waals surface area contributed by atoms with E-state index in [1.54, 1.807) is 17.9 Å². The average Bonchev–Trinajstić information content (AvgIpc) is 3.33. The van der Waals surface area contributed by atoms with E-state index in [-0.39, 0.29) is 24.2 Å². The molecule has 0 saturated carbocycles. The maximum atomic E-state index is 12.0. The molecule has 0 aliphatic carbocycles. The van der Waals surface area contributed by atoms with Gasteiger partial charge in [-0.1, -0.05) is 28.3 Å². The van der Waals surface area contributed by atoms with Gasteiger partial charge in [0.25, 0.3) is 0 Å². The summed E-state index contributed by atoms with van der Waals surface area (Å²) in [6, 6.07) is 1.66. The summed E-state index contributed by atoms with van der Waals surface area (Å²) in [5.74, 6) is 1.08. The lowest BCUT2D eigenvalue weighted by atomic mass is 10.3. The average molecular weight is 427 g/mol. The highest BCUT2D eigenvalue weighted by Gasteiger charge is 2.23. The molecule has 0 spiro atoms. The molecular weight excluding hydrogens is 404 g/mol. The molecule has 152 valence electrons. The van der Waals surface area contributed by atoms with Crippen molar-refractivity contribution in [2.75, 3.05) is 55.4 Å². The van der Waals surface area contributed by atoms with Crippen LogP contribution in [0.4, 0.5) is 10.9 Å². The summed E-state index contributed by atoms with van der Waals surface area (Å²) in [5.41, 5.74) is 0. The molecular formula is C16H22N6O4S2. The summed E-state index contributed by atoms with van der Waals surface area (Å²) in [6.07, 6.45) is 0. The van der Waals surface area contributed by atoms with E-state index in [4.69, 9.17) is 9.26 Å². The second-order valence-electron chi connectivity index (χ2n) is 6.02. The number of nitrogens with zero attached hydrogens (tertiary/aromatic N) is 5. The van der Waals surface area contributed by atoms with Crippen molar-refractivity contribution in [3.05, 3.63) is 11.8 Å².